The number of hydrogen-bond acceptors (Lipinski definition) is 2. The van der Waals surface area contributed by atoms with Gasteiger partial charge < -0.3 is 10.2 Å². The van der Waals surface area contributed by atoms with Crippen LogP contribution in [0, 0.1) is 11.3 Å². The van der Waals surface area contributed by atoms with Crippen LogP contribution in [0.25, 0.3) is 0 Å². The summed E-state index contributed by atoms with van der Waals surface area (Å²) >= 11 is 0. The van der Waals surface area contributed by atoms with Gasteiger partial charge in [-0.05, 0) is 37.8 Å². The summed E-state index contributed by atoms with van der Waals surface area (Å²) in [4.78, 5) is 2.58. The zero-order valence-corrected chi connectivity index (χ0v) is 13.1. The maximum Gasteiger partial charge on any atom is 0.0102 e. The Kier molecular flexibility index (Phi) is 8.06. The minimum atomic E-state index is 0.333. The van der Waals surface area contributed by atoms with Crippen molar-refractivity contribution in [2.75, 3.05) is 26.2 Å². The molecular weight excluding hydrogens is 208 g/mol. The molecule has 0 aromatic heterocycles. The van der Waals surface area contributed by atoms with E-state index in [1.807, 2.05) is 0 Å². The molecule has 0 aromatic rings. The topological polar surface area (TPSA) is 15.3 Å². The zero-order chi connectivity index (χ0) is 13.5. The fourth-order valence-corrected chi connectivity index (χ4v) is 2.17. The third kappa shape index (κ3) is 7.05. The van der Waals surface area contributed by atoms with Crippen molar-refractivity contribution in [2.45, 2.75) is 60.9 Å². The predicted molar refractivity (Wildman–Crippen MR) is 78.5 cm³/mol. The average molecular weight is 242 g/mol. The van der Waals surface area contributed by atoms with E-state index in [2.05, 4.69) is 58.7 Å². The van der Waals surface area contributed by atoms with Gasteiger partial charge in [0.15, 0.2) is 0 Å². The van der Waals surface area contributed by atoms with E-state index in [0.29, 0.717) is 11.5 Å². The lowest BCUT2D eigenvalue weighted by atomic mass is 9.84. The molecule has 0 aliphatic carbocycles. The smallest absolute Gasteiger partial charge is 0.0102 e. The van der Waals surface area contributed by atoms with Crippen molar-refractivity contribution in [3.05, 3.63) is 0 Å². The second-order valence-electron chi connectivity index (χ2n) is 6.39. The van der Waals surface area contributed by atoms with Crippen LogP contribution in [0.3, 0.4) is 0 Å². The van der Waals surface area contributed by atoms with Crippen LogP contribution in [0.1, 0.15) is 54.9 Å². The Balaban J connectivity index is 4.27. The van der Waals surface area contributed by atoms with E-state index in [1.54, 1.807) is 0 Å². The summed E-state index contributed by atoms with van der Waals surface area (Å²) in [6.07, 6.45) is 1.21. The standard InChI is InChI=1S/C15H34N2/c1-8-10-16-14(5)15(6,7)12-17(9-2)11-13(3)4/h13-14,16H,8-12H2,1-7H3. The van der Waals surface area contributed by atoms with Gasteiger partial charge in [-0.2, -0.15) is 0 Å². The summed E-state index contributed by atoms with van der Waals surface area (Å²) in [6.45, 7) is 20.8. The highest BCUT2D eigenvalue weighted by atomic mass is 15.1. The highest BCUT2D eigenvalue weighted by molar-refractivity contribution is 4.83. The van der Waals surface area contributed by atoms with E-state index in [4.69, 9.17) is 0 Å². The van der Waals surface area contributed by atoms with Gasteiger partial charge in [-0.15, -0.1) is 0 Å². The Hall–Kier alpha value is -0.0800. The lowest BCUT2D eigenvalue weighted by Gasteiger charge is -2.38. The number of nitrogens with zero attached hydrogens (tertiary/aromatic N) is 1. The molecule has 2 heteroatoms. The molecule has 0 bridgehead atoms. The zero-order valence-electron chi connectivity index (χ0n) is 13.1. The Morgan fingerprint density at radius 3 is 2.12 bits per heavy atom. The first-order valence-corrected chi connectivity index (χ1v) is 7.29. The van der Waals surface area contributed by atoms with E-state index < -0.39 is 0 Å². The predicted octanol–water partition coefficient (Wildman–Crippen LogP) is 3.38. The number of rotatable bonds is 9. The quantitative estimate of drug-likeness (QED) is 0.667. The van der Waals surface area contributed by atoms with Crippen LogP contribution < -0.4 is 5.32 Å². The van der Waals surface area contributed by atoms with Crippen molar-refractivity contribution >= 4 is 0 Å². The molecule has 0 fully saturated rings. The summed E-state index contributed by atoms with van der Waals surface area (Å²) in [7, 11) is 0. The minimum Gasteiger partial charge on any atom is -0.314 e. The largest absolute Gasteiger partial charge is 0.314 e. The van der Waals surface area contributed by atoms with Gasteiger partial charge >= 0.3 is 0 Å². The van der Waals surface area contributed by atoms with Crippen molar-refractivity contribution in [1.82, 2.24) is 10.2 Å². The van der Waals surface area contributed by atoms with Gasteiger partial charge in [0.1, 0.15) is 0 Å². The van der Waals surface area contributed by atoms with Gasteiger partial charge in [-0.25, -0.2) is 0 Å². The second kappa shape index (κ2) is 8.10. The molecule has 0 saturated carbocycles. The van der Waals surface area contributed by atoms with Gasteiger partial charge in [-0.1, -0.05) is 41.5 Å². The van der Waals surface area contributed by atoms with Crippen LogP contribution in [0.5, 0.6) is 0 Å². The molecule has 0 radical (unpaired) electrons. The molecule has 0 heterocycles. The van der Waals surface area contributed by atoms with Crippen molar-refractivity contribution < 1.29 is 0 Å². The monoisotopic (exact) mass is 242 g/mol. The van der Waals surface area contributed by atoms with Gasteiger partial charge in [-0.3, -0.25) is 0 Å². The minimum absolute atomic E-state index is 0.333. The molecule has 1 atom stereocenters. The summed E-state index contributed by atoms with van der Waals surface area (Å²) in [5, 5.41) is 3.63. The maximum atomic E-state index is 3.63. The first-order valence-electron chi connectivity index (χ1n) is 7.29. The third-order valence-electron chi connectivity index (χ3n) is 3.57. The molecule has 17 heavy (non-hydrogen) atoms. The highest BCUT2D eigenvalue weighted by Gasteiger charge is 2.27. The Morgan fingerprint density at radius 2 is 1.71 bits per heavy atom. The molecule has 1 N–H and O–H groups in total. The Morgan fingerprint density at radius 1 is 1.12 bits per heavy atom. The van der Waals surface area contributed by atoms with Crippen LogP contribution in [-0.2, 0) is 0 Å². The van der Waals surface area contributed by atoms with Crippen LogP contribution >= 0.6 is 0 Å². The van der Waals surface area contributed by atoms with Crippen molar-refractivity contribution in [3.63, 3.8) is 0 Å². The van der Waals surface area contributed by atoms with E-state index in [-0.39, 0.29) is 0 Å². The van der Waals surface area contributed by atoms with Crippen molar-refractivity contribution in [3.8, 4) is 0 Å². The molecule has 0 spiro atoms. The summed E-state index contributed by atoms with van der Waals surface area (Å²) < 4.78 is 0. The van der Waals surface area contributed by atoms with Crippen LogP contribution in [-0.4, -0.2) is 37.1 Å². The molecule has 0 aliphatic rings. The van der Waals surface area contributed by atoms with E-state index in [9.17, 15) is 0 Å². The Bertz CT molecular complexity index is 187. The van der Waals surface area contributed by atoms with E-state index in [0.717, 1.165) is 19.0 Å². The fourth-order valence-electron chi connectivity index (χ4n) is 2.17. The van der Waals surface area contributed by atoms with E-state index >= 15 is 0 Å². The number of hydrogen-bond donors (Lipinski definition) is 1. The van der Waals surface area contributed by atoms with E-state index in [1.165, 1.54) is 19.5 Å². The summed E-state index contributed by atoms with van der Waals surface area (Å²) in [6, 6.07) is 0.573. The summed E-state index contributed by atoms with van der Waals surface area (Å²) in [5.41, 5.74) is 0.333. The lowest BCUT2D eigenvalue weighted by Crippen LogP contribution is -2.47. The van der Waals surface area contributed by atoms with Gasteiger partial charge in [0.2, 0.25) is 0 Å². The first kappa shape index (κ1) is 16.9. The second-order valence-corrected chi connectivity index (χ2v) is 6.39. The Labute approximate surface area is 109 Å². The SMILES string of the molecule is CCCNC(C)C(C)(C)CN(CC)CC(C)C. The normalized spacial score (nSPS) is 14.6. The number of nitrogens with one attached hydrogen (secondary N) is 1. The lowest BCUT2D eigenvalue weighted by molar-refractivity contribution is 0.136. The van der Waals surface area contributed by atoms with Gasteiger partial charge in [0.25, 0.3) is 0 Å². The molecule has 2 nitrogen and oxygen atoms in total. The van der Waals surface area contributed by atoms with Crippen molar-refractivity contribution in [2.24, 2.45) is 11.3 Å². The van der Waals surface area contributed by atoms with Crippen LogP contribution in [0.2, 0.25) is 0 Å². The van der Waals surface area contributed by atoms with Crippen molar-refractivity contribution in [1.29, 1.82) is 0 Å². The van der Waals surface area contributed by atoms with Gasteiger partial charge in [0.05, 0.1) is 0 Å². The molecule has 1 unspecified atom stereocenters. The van der Waals surface area contributed by atoms with Crippen LogP contribution in [0.4, 0.5) is 0 Å². The molecular formula is C15H34N2. The first-order chi connectivity index (χ1) is 7.83. The molecule has 104 valence electrons. The average Bonchev–Trinajstić information content (AvgIpc) is 2.23. The fraction of sp³-hybridized carbons (Fsp3) is 1.00. The van der Waals surface area contributed by atoms with Crippen LogP contribution in [0.15, 0.2) is 0 Å². The molecule has 0 aliphatic heterocycles. The molecule has 0 amide bonds. The molecule has 0 saturated heterocycles. The third-order valence-corrected chi connectivity index (χ3v) is 3.57. The van der Waals surface area contributed by atoms with Gasteiger partial charge in [0, 0.05) is 19.1 Å². The molecule has 0 aromatic carbocycles. The summed E-state index contributed by atoms with van der Waals surface area (Å²) in [5.74, 6) is 0.754. The molecule has 0 rings (SSSR count). The highest BCUT2D eigenvalue weighted by Crippen LogP contribution is 2.22. The maximum absolute atomic E-state index is 3.63.